The molecule has 2 heterocycles. The van der Waals surface area contributed by atoms with Crippen LogP contribution in [-0.2, 0) is 12.0 Å². The summed E-state index contributed by atoms with van der Waals surface area (Å²) in [5, 5.41) is 8.18. The fourth-order valence-corrected chi connectivity index (χ4v) is 4.57. The van der Waals surface area contributed by atoms with E-state index >= 15 is 0 Å². The lowest BCUT2D eigenvalue weighted by Gasteiger charge is -2.38. The van der Waals surface area contributed by atoms with Crippen LogP contribution in [0.25, 0.3) is 11.1 Å². The Morgan fingerprint density at radius 2 is 1.56 bits per heavy atom. The van der Waals surface area contributed by atoms with E-state index < -0.39 is 0 Å². The van der Waals surface area contributed by atoms with Gasteiger partial charge in [0.05, 0.1) is 23.3 Å². The average Bonchev–Trinajstić information content (AvgIpc) is 3.26. The van der Waals surface area contributed by atoms with E-state index in [9.17, 15) is 4.79 Å². The third-order valence-corrected chi connectivity index (χ3v) is 6.29. The van der Waals surface area contributed by atoms with Crippen molar-refractivity contribution in [3.05, 3.63) is 108 Å². The van der Waals surface area contributed by atoms with Gasteiger partial charge in [-0.15, -0.1) is 0 Å². The molecule has 0 radical (unpaired) electrons. The highest BCUT2D eigenvalue weighted by atomic mass is 16.1. The van der Waals surface area contributed by atoms with Crippen molar-refractivity contribution >= 4 is 11.6 Å². The van der Waals surface area contributed by atoms with Gasteiger partial charge in [-0.2, -0.15) is 5.10 Å². The Morgan fingerprint density at radius 3 is 2.25 bits per heavy atom. The minimum Gasteiger partial charge on any atom is -0.363 e. The maximum absolute atomic E-state index is 13.3. The molecule has 1 unspecified atom stereocenters. The van der Waals surface area contributed by atoms with Gasteiger partial charge in [-0.25, -0.2) is 4.68 Å². The molecule has 0 saturated carbocycles. The minimum atomic E-state index is -0.184. The summed E-state index contributed by atoms with van der Waals surface area (Å²) in [6.07, 6.45) is 2.98. The van der Waals surface area contributed by atoms with Crippen LogP contribution in [0.3, 0.4) is 0 Å². The first-order valence-electron chi connectivity index (χ1n) is 11.1. The smallest absolute Gasteiger partial charge is 0.172 e. The molecule has 3 aromatic carbocycles. The first kappa shape index (κ1) is 20.3. The summed E-state index contributed by atoms with van der Waals surface area (Å²) in [6, 6.07) is 29.1. The van der Waals surface area contributed by atoms with Gasteiger partial charge in [-0.3, -0.25) is 4.79 Å². The van der Waals surface area contributed by atoms with Crippen LogP contribution in [0.4, 0.5) is 5.82 Å². The molecule has 4 aromatic rings. The molecule has 1 aliphatic rings. The van der Waals surface area contributed by atoms with Crippen molar-refractivity contribution in [3.8, 4) is 11.1 Å². The van der Waals surface area contributed by atoms with Crippen LogP contribution in [0, 0.1) is 0 Å². The molecule has 0 bridgehead atoms. The standard InChI is InChI=1S/C28H27N3O/c1-28(2)18-25(23-11-7-4-8-12-23)30-27-24(19-29-31(27)28)26(32)17-20-13-15-22(16-14-20)21-9-5-3-6-10-21/h3-16,19,25,30H,17-18H2,1-2H3. The lowest BCUT2D eigenvalue weighted by atomic mass is 9.88. The van der Waals surface area contributed by atoms with Crippen molar-refractivity contribution in [2.24, 2.45) is 0 Å². The third-order valence-electron chi connectivity index (χ3n) is 6.29. The van der Waals surface area contributed by atoms with Gasteiger partial charge >= 0.3 is 0 Å². The van der Waals surface area contributed by atoms with Crippen molar-refractivity contribution in [2.45, 2.75) is 38.3 Å². The van der Waals surface area contributed by atoms with E-state index in [0.717, 1.165) is 23.4 Å². The van der Waals surface area contributed by atoms with Crippen molar-refractivity contribution in [1.29, 1.82) is 0 Å². The predicted molar refractivity (Wildman–Crippen MR) is 129 cm³/mol. The zero-order valence-electron chi connectivity index (χ0n) is 18.5. The SMILES string of the molecule is CC1(C)CC(c2ccccc2)Nc2c(C(=O)Cc3ccc(-c4ccccc4)cc3)cnn21. The first-order chi connectivity index (χ1) is 15.5. The number of aromatic nitrogens is 2. The molecule has 1 atom stereocenters. The van der Waals surface area contributed by atoms with Crippen molar-refractivity contribution in [2.75, 3.05) is 5.32 Å². The highest BCUT2D eigenvalue weighted by Crippen LogP contribution is 2.40. The number of benzene rings is 3. The molecule has 1 N–H and O–H groups in total. The second-order valence-electron chi connectivity index (χ2n) is 9.11. The predicted octanol–water partition coefficient (Wildman–Crippen LogP) is 6.27. The number of ketones is 1. The summed E-state index contributed by atoms with van der Waals surface area (Å²) in [5.74, 6) is 0.900. The van der Waals surface area contributed by atoms with Crippen LogP contribution in [-0.4, -0.2) is 15.6 Å². The van der Waals surface area contributed by atoms with E-state index in [4.69, 9.17) is 0 Å². The maximum Gasteiger partial charge on any atom is 0.172 e. The fraction of sp³-hybridized carbons (Fsp3) is 0.214. The molecule has 1 aromatic heterocycles. The summed E-state index contributed by atoms with van der Waals surface area (Å²) < 4.78 is 1.97. The molecule has 32 heavy (non-hydrogen) atoms. The molecule has 4 nitrogen and oxygen atoms in total. The summed E-state index contributed by atoms with van der Waals surface area (Å²) in [4.78, 5) is 13.3. The molecule has 0 spiro atoms. The van der Waals surface area contributed by atoms with Gasteiger partial charge in [-0.1, -0.05) is 84.9 Å². The molecule has 0 saturated heterocycles. The number of carbonyl (C=O) groups excluding carboxylic acids is 1. The van der Waals surface area contributed by atoms with Gasteiger partial charge in [0.1, 0.15) is 5.82 Å². The molecule has 160 valence electrons. The lowest BCUT2D eigenvalue weighted by Crippen LogP contribution is -2.38. The van der Waals surface area contributed by atoms with E-state index in [1.165, 1.54) is 11.1 Å². The Morgan fingerprint density at radius 1 is 0.938 bits per heavy atom. The Bertz CT molecular complexity index is 1220. The molecule has 0 amide bonds. The third kappa shape index (κ3) is 3.84. The number of anilines is 1. The summed E-state index contributed by atoms with van der Waals surface area (Å²) in [5.41, 5.74) is 5.03. The number of hydrogen-bond acceptors (Lipinski definition) is 3. The fourth-order valence-electron chi connectivity index (χ4n) is 4.57. The second kappa shape index (κ2) is 8.12. The molecule has 0 aliphatic carbocycles. The molecule has 0 fully saturated rings. The minimum absolute atomic E-state index is 0.0794. The highest BCUT2D eigenvalue weighted by molar-refractivity contribution is 6.01. The number of rotatable bonds is 5. The highest BCUT2D eigenvalue weighted by Gasteiger charge is 2.36. The van der Waals surface area contributed by atoms with E-state index in [0.29, 0.717) is 12.0 Å². The topological polar surface area (TPSA) is 46.9 Å². The number of fused-ring (bicyclic) bond motifs is 1. The molecule has 4 heteroatoms. The molecule has 1 aliphatic heterocycles. The second-order valence-corrected chi connectivity index (χ2v) is 9.11. The molecular formula is C28H27N3O. The van der Waals surface area contributed by atoms with E-state index in [2.05, 4.69) is 72.8 Å². The molecule has 5 rings (SSSR count). The number of hydrogen-bond donors (Lipinski definition) is 1. The van der Waals surface area contributed by atoms with Crippen LogP contribution < -0.4 is 5.32 Å². The lowest BCUT2D eigenvalue weighted by molar-refractivity contribution is 0.0993. The Labute approximate surface area is 188 Å². The van der Waals surface area contributed by atoms with Crippen molar-refractivity contribution < 1.29 is 4.79 Å². The van der Waals surface area contributed by atoms with E-state index in [-0.39, 0.29) is 17.4 Å². The number of nitrogens with zero attached hydrogens (tertiary/aromatic N) is 2. The zero-order chi connectivity index (χ0) is 22.1. The number of nitrogens with one attached hydrogen (secondary N) is 1. The molecular weight excluding hydrogens is 394 g/mol. The Balaban J connectivity index is 1.38. The Kier molecular flexibility index (Phi) is 5.14. The van der Waals surface area contributed by atoms with Gasteiger partial charge in [0.25, 0.3) is 0 Å². The van der Waals surface area contributed by atoms with Crippen LogP contribution in [0.15, 0.2) is 91.1 Å². The van der Waals surface area contributed by atoms with Crippen LogP contribution in [0.1, 0.15) is 47.8 Å². The first-order valence-corrected chi connectivity index (χ1v) is 11.1. The van der Waals surface area contributed by atoms with Crippen LogP contribution >= 0.6 is 0 Å². The van der Waals surface area contributed by atoms with Gasteiger partial charge in [0.2, 0.25) is 0 Å². The van der Waals surface area contributed by atoms with Gasteiger partial charge in [0.15, 0.2) is 5.78 Å². The van der Waals surface area contributed by atoms with Gasteiger partial charge < -0.3 is 5.32 Å². The number of Topliss-reactive ketones (excluding diaryl/α,β-unsaturated/α-hetero) is 1. The van der Waals surface area contributed by atoms with Gasteiger partial charge in [0, 0.05) is 6.42 Å². The maximum atomic E-state index is 13.3. The van der Waals surface area contributed by atoms with Crippen LogP contribution in [0.5, 0.6) is 0 Å². The summed E-state index contributed by atoms with van der Waals surface area (Å²) in [6.45, 7) is 4.35. The van der Waals surface area contributed by atoms with Crippen molar-refractivity contribution in [3.63, 3.8) is 0 Å². The van der Waals surface area contributed by atoms with Crippen molar-refractivity contribution in [1.82, 2.24) is 9.78 Å². The van der Waals surface area contributed by atoms with E-state index in [1.54, 1.807) is 6.20 Å². The number of carbonyl (C=O) groups is 1. The summed E-state index contributed by atoms with van der Waals surface area (Å²) >= 11 is 0. The largest absolute Gasteiger partial charge is 0.363 e. The summed E-state index contributed by atoms with van der Waals surface area (Å²) in [7, 11) is 0. The monoisotopic (exact) mass is 421 g/mol. The average molecular weight is 422 g/mol. The normalized spacial score (nSPS) is 16.8. The van der Waals surface area contributed by atoms with Gasteiger partial charge in [-0.05, 0) is 42.5 Å². The Hall–Kier alpha value is -3.66. The zero-order valence-corrected chi connectivity index (χ0v) is 18.5. The van der Waals surface area contributed by atoms with Crippen LogP contribution in [0.2, 0.25) is 0 Å². The van der Waals surface area contributed by atoms with E-state index in [1.807, 2.05) is 41.1 Å². The quantitative estimate of drug-likeness (QED) is 0.387.